The van der Waals surface area contributed by atoms with Crippen LogP contribution in [0.25, 0.3) is 21.7 Å². The van der Waals surface area contributed by atoms with Crippen molar-refractivity contribution in [1.29, 1.82) is 0 Å². The standard InChI is InChI=1S/C19H14N4O3/c24-19-15-8-18(23(25)26)17(9-16(15)21-11-22-19)20-10-13-6-3-5-12-4-1-2-7-14(12)13/h1-9,11,20H,10H2,(H,21,22,24). The number of H-pyrrole nitrogens is 1. The van der Waals surface area contributed by atoms with Crippen molar-refractivity contribution in [2.45, 2.75) is 6.54 Å². The quantitative estimate of drug-likeness (QED) is 0.434. The Labute approximate surface area is 147 Å². The normalized spacial score (nSPS) is 10.9. The predicted octanol–water partition coefficient (Wildman–Crippen LogP) is 3.60. The van der Waals surface area contributed by atoms with Crippen molar-refractivity contribution in [3.63, 3.8) is 0 Å². The molecule has 4 rings (SSSR count). The zero-order valence-electron chi connectivity index (χ0n) is 13.6. The predicted molar refractivity (Wildman–Crippen MR) is 100 cm³/mol. The lowest BCUT2D eigenvalue weighted by atomic mass is 10.0. The molecule has 3 aromatic carbocycles. The van der Waals surface area contributed by atoms with Crippen LogP contribution >= 0.6 is 0 Å². The second kappa shape index (κ2) is 6.29. The number of hydrogen-bond donors (Lipinski definition) is 2. The Kier molecular flexibility index (Phi) is 3.81. The lowest BCUT2D eigenvalue weighted by Gasteiger charge is -2.10. The van der Waals surface area contributed by atoms with Gasteiger partial charge in [0.15, 0.2) is 0 Å². The van der Waals surface area contributed by atoms with E-state index in [2.05, 4.69) is 15.3 Å². The van der Waals surface area contributed by atoms with Crippen LogP contribution in [0.15, 0.2) is 65.7 Å². The highest BCUT2D eigenvalue weighted by atomic mass is 16.6. The number of hydrogen-bond acceptors (Lipinski definition) is 5. The minimum Gasteiger partial charge on any atom is -0.375 e. The number of nitrogens with zero attached hydrogens (tertiary/aromatic N) is 2. The number of aromatic nitrogens is 2. The van der Waals surface area contributed by atoms with Crippen molar-refractivity contribution in [3.05, 3.63) is 87.0 Å². The molecule has 7 nitrogen and oxygen atoms in total. The summed E-state index contributed by atoms with van der Waals surface area (Å²) in [6, 6.07) is 16.7. The Hall–Kier alpha value is -3.74. The van der Waals surface area contributed by atoms with Crippen LogP contribution in [0.5, 0.6) is 0 Å². The van der Waals surface area contributed by atoms with E-state index in [9.17, 15) is 14.9 Å². The molecule has 4 aromatic rings. The highest BCUT2D eigenvalue weighted by molar-refractivity contribution is 5.88. The molecule has 0 saturated carbocycles. The average Bonchev–Trinajstić information content (AvgIpc) is 2.66. The molecule has 0 aliphatic rings. The fourth-order valence-corrected chi connectivity index (χ4v) is 3.03. The SMILES string of the molecule is O=c1[nH]cnc2cc(NCc3cccc4ccccc34)c([N+](=O)[O-])cc12. The number of rotatable bonds is 4. The summed E-state index contributed by atoms with van der Waals surface area (Å²) in [6.45, 7) is 0.414. The highest BCUT2D eigenvalue weighted by Crippen LogP contribution is 2.29. The van der Waals surface area contributed by atoms with Crippen molar-refractivity contribution in [3.8, 4) is 0 Å². The van der Waals surface area contributed by atoms with Gasteiger partial charge in [-0.25, -0.2) is 4.98 Å². The van der Waals surface area contributed by atoms with Crippen molar-refractivity contribution in [2.24, 2.45) is 0 Å². The highest BCUT2D eigenvalue weighted by Gasteiger charge is 2.17. The summed E-state index contributed by atoms with van der Waals surface area (Å²) in [6.07, 6.45) is 1.28. The molecule has 0 unspecified atom stereocenters. The molecule has 0 atom stereocenters. The molecule has 0 aliphatic carbocycles. The first-order chi connectivity index (χ1) is 12.6. The Bertz CT molecular complexity index is 1190. The van der Waals surface area contributed by atoms with Gasteiger partial charge in [0.2, 0.25) is 0 Å². The lowest BCUT2D eigenvalue weighted by Crippen LogP contribution is -2.09. The molecule has 0 bridgehead atoms. The Morgan fingerprint density at radius 2 is 1.88 bits per heavy atom. The molecule has 0 radical (unpaired) electrons. The van der Waals surface area contributed by atoms with Crippen molar-refractivity contribution in [1.82, 2.24) is 9.97 Å². The maximum absolute atomic E-state index is 11.9. The fraction of sp³-hybridized carbons (Fsp3) is 0.0526. The van der Waals surface area contributed by atoms with Gasteiger partial charge in [-0.1, -0.05) is 42.5 Å². The number of nitro benzene ring substituents is 1. The third-order valence-electron chi connectivity index (χ3n) is 4.30. The van der Waals surface area contributed by atoms with Crippen LogP contribution < -0.4 is 10.9 Å². The van der Waals surface area contributed by atoms with Gasteiger partial charge in [0.1, 0.15) is 5.69 Å². The molecule has 0 amide bonds. The van der Waals surface area contributed by atoms with Crippen LogP contribution in [0, 0.1) is 10.1 Å². The molecule has 0 spiro atoms. The van der Waals surface area contributed by atoms with Gasteiger partial charge in [-0.15, -0.1) is 0 Å². The second-order valence-electron chi connectivity index (χ2n) is 5.87. The number of fused-ring (bicyclic) bond motifs is 2. The summed E-state index contributed by atoms with van der Waals surface area (Å²) in [5.74, 6) is 0. The molecule has 0 saturated heterocycles. The van der Waals surface area contributed by atoms with Crippen molar-refractivity contribution >= 4 is 33.1 Å². The Balaban J connectivity index is 1.75. The van der Waals surface area contributed by atoms with Gasteiger partial charge >= 0.3 is 0 Å². The largest absolute Gasteiger partial charge is 0.375 e. The summed E-state index contributed by atoms with van der Waals surface area (Å²) in [7, 11) is 0. The van der Waals surface area contributed by atoms with Gasteiger partial charge in [0.25, 0.3) is 11.2 Å². The maximum Gasteiger partial charge on any atom is 0.293 e. The van der Waals surface area contributed by atoms with Crippen LogP contribution in [0.3, 0.4) is 0 Å². The summed E-state index contributed by atoms with van der Waals surface area (Å²) in [4.78, 5) is 29.3. The average molecular weight is 346 g/mol. The van der Waals surface area contributed by atoms with E-state index >= 15 is 0 Å². The topological polar surface area (TPSA) is 101 Å². The molecule has 0 aliphatic heterocycles. The molecule has 0 fully saturated rings. The first kappa shape index (κ1) is 15.8. The Morgan fingerprint density at radius 1 is 1.08 bits per heavy atom. The Morgan fingerprint density at radius 3 is 2.73 bits per heavy atom. The number of anilines is 1. The van der Waals surface area contributed by atoms with Gasteiger partial charge in [-0.2, -0.15) is 0 Å². The molecule has 26 heavy (non-hydrogen) atoms. The summed E-state index contributed by atoms with van der Waals surface area (Å²) in [5.41, 5.74) is 1.19. The zero-order valence-corrected chi connectivity index (χ0v) is 13.6. The van der Waals surface area contributed by atoms with Crippen LogP contribution in [0.1, 0.15) is 5.56 Å². The van der Waals surface area contributed by atoms with Crippen LogP contribution in [0.2, 0.25) is 0 Å². The maximum atomic E-state index is 11.9. The van der Waals surface area contributed by atoms with Gasteiger partial charge < -0.3 is 10.3 Å². The molecular weight excluding hydrogens is 332 g/mol. The van der Waals surface area contributed by atoms with Gasteiger partial charge in [0, 0.05) is 12.6 Å². The van der Waals surface area contributed by atoms with E-state index in [0.717, 1.165) is 16.3 Å². The zero-order chi connectivity index (χ0) is 18.1. The molecule has 7 heteroatoms. The number of nitrogens with one attached hydrogen (secondary N) is 2. The van der Waals surface area contributed by atoms with Crippen molar-refractivity contribution in [2.75, 3.05) is 5.32 Å². The van der Waals surface area contributed by atoms with E-state index in [1.165, 1.54) is 18.5 Å². The van der Waals surface area contributed by atoms with Gasteiger partial charge in [-0.05, 0) is 22.4 Å². The van der Waals surface area contributed by atoms with E-state index in [4.69, 9.17) is 0 Å². The molecule has 2 N–H and O–H groups in total. The molecule has 1 heterocycles. The molecule has 128 valence electrons. The number of aromatic amines is 1. The van der Waals surface area contributed by atoms with E-state index in [1.807, 2.05) is 42.5 Å². The van der Waals surface area contributed by atoms with Gasteiger partial charge in [-0.3, -0.25) is 14.9 Å². The van der Waals surface area contributed by atoms with E-state index in [0.29, 0.717) is 17.7 Å². The van der Waals surface area contributed by atoms with E-state index in [-0.39, 0.29) is 11.1 Å². The fourth-order valence-electron chi connectivity index (χ4n) is 3.03. The van der Waals surface area contributed by atoms with Crippen LogP contribution in [0.4, 0.5) is 11.4 Å². The third-order valence-corrected chi connectivity index (χ3v) is 4.30. The van der Waals surface area contributed by atoms with Crippen LogP contribution in [-0.2, 0) is 6.54 Å². The monoisotopic (exact) mass is 346 g/mol. The number of nitro groups is 1. The summed E-state index contributed by atoms with van der Waals surface area (Å²) in [5, 5.41) is 16.9. The molecular formula is C19H14N4O3. The number of benzene rings is 3. The third kappa shape index (κ3) is 2.75. The first-order valence-electron chi connectivity index (χ1n) is 8.00. The second-order valence-corrected chi connectivity index (χ2v) is 5.87. The van der Waals surface area contributed by atoms with Crippen LogP contribution in [-0.4, -0.2) is 14.9 Å². The summed E-state index contributed by atoms with van der Waals surface area (Å²) < 4.78 is 0. The van der Waals surface area contributed by atoms with E-state index in [1.54, 1.807) is 0 Å². The minimum absolute atomic E-state index is 0.156. The molecule has 1 aromatic heterocycles. The summed E-state index contributed by atoms with van der Waals surface area (Å²) >= 11 is 0. The van der Waals surface area contributed by atoms with Crippen molar-refractivity contribution < 1.29 is 4.92 Å². The van der Waals surface area contributed by atoms with E-state index < -0.39 is 10.5 Å². The van der Waals surface area contributed by atoms with Gasteiger partial charge in [0.05, 0.1) is 22.2 Å². The smallest absolute Gasteiger partial charge is 0.293 e. The first-order valence-corrected chi connectivity index (χ1v) is 8.00. The lowest BCUT2D eigenvalue weighted by molar-refractivity contribution is -0.383. The minimum atomic E-state index is -0.503.